The van der Waals surface area contributed by atoms with E-state index in [0.29, 0.717) is 23.1 Å². The molecule has 0 aromatic heterocycles. The number of amides is 1. The smallest absolute Gasteiger partial charge is 0.262 e. The number of methoxy groups -OCH3 is 1. The lowest BCUT2D eigenvalue weighted by Gasteiger charge is -2.13. The van der Waals surface area contributed by atoms with Crippen LogP contribution in [-0.2, 0) is 11.3 Å². The molecule has 0 aliphatic heterocycles. The number of nitrogens with one attached hydrogen (secondary N) is 2. The first kappa shape index (κ1) is 20.6. The molecule has 29 heavy (non-hydrogen) atoms. The molecule has 3 aromatic carbocycles. The molecule has 2 N–H and O–H groups in total. The molecule has 0 heterocycles. The molecule has 0 atom stereocenters. The van der Waals surface area contributed by atoms with E-state index in [1.807, 2.05) is 67.6 Å². The van der Waals surface area contributed by atoms with E-state index in [9.17, 15) is 4.79 Å². The fraction of sp³-hybridized carbons (Fsp3) is 0.174. The largest absolute Gasteiger partial charge is 0.493 e. The molecule has 0 aliphatic carbocycles. The molecule has 5 nitrogen and oxygen atoms in total. The van der Waals surface area contributed by atoms with Crippen LogP contribution in [0.3, 0.4) is 0 Å². The predicted molar refractivity (Wildman–Crippen MR) is 117 cm³/mol. The highest BCUT2D eigenvalue weighted by Crippen LogP contribution is 2.28. The quantitative estimate of drug-likeness (QED) is 0.530. The minimum Gasteiger partial charge on any atom is -0.493 e. The number of carbonyl (C=O) groups excluding carboxylic acids is 1. The summed E-state index contributed by atoms with van der Waals surface area (Å²) in [4.78, 5) is 12.2. The molecule has 0 radical (unpaired) electrons. The van der Waals surface area contributed by atoms with Gasteiger partial charge < -0.3 is 20.1 Å². The monoisotopic (exact) mass is 410 g/mol. The first-order chi connectivity index (χ1) is 14.0. The molecule has 1 amide bonds. The molecule has 0 bridgehead atoms. The highest BCUT2D eigenvalue weighted by atomic mass is 35.5. The molecule has 0 saturated carbocycles. The molecule has 6 heteroatoms. The first-order valence-electron chi connectivity index (χ1n) is 9.20. The maximum atomic E-state index is 12.2. The van der Waals surface area contributed by atoms with Gasteiger partial charge in [0.15, 0.2) is 18.1 Å². The second kappa shape index (κ2) is 9.85. The normalized spacial score (nSPS) is 10.3. The fourth-order valence-corrected chi connectivity index (χ4v) is 2.88. The number of para-hydroxylation sites is 1. The van der Waals surface area contributed by atoms with E-state index in [1.165, 1.54) is 0 Å². The summed E-state index contributed by atoms with van der Waals surface area (Å²) in [7, 11) is 1.58. The van der Waals surface area contributed by atoms with Gasteiger partial charge in [-0.15, -0.1) is 0 Å². The average Bonchev–Trinajstić information content (AvgIpc) is 2.73. The third-order valence-electron chi connectivity index (χ3n) is 4.35. The zero-order valence-electron chi connectivity index (χ0n) is 16.4. The molecule has 0 spiro atoms. The Balaban J connectivity index is 1.57. The van der Waals surface area contributed by atoms with Crippen LogP contribution in [0.4, 0.5) is 11.4 Å². The Morgan fingerprint density at radius 2 is 1.76 bits per heavy atom. The molecular formula is C23H23ClN2O3. The van der Waals surface area contributed by atoms with Crippen molar-refractivity contribution in [3.05, 3.63) is 82.9 Å². The van der Waals surface area contributed by atoms with Gasteiger partial charge in [-0.1, -0.05) is 35.9 Å². The SMILES string of the molecule is COc1cc(CNc2ccc(Cl)cc2)ccc1OCC(=O)Nc1ccccc1C. The number of carbonyl (C=O) groups is 1. The van der Waals surface area contributed by atoms with Crippen LogP contribution in [0.5, 0.6) is 11.5 Å². The van der Waals surface area contributed by atoms with E-state index >= 15 is 0 Å². The lowest BCUT2D eigenvalue weighted by Crippen LogP contribution is -2.20. The maximum absolute atomic E-state index is 12.2. The van der Waals surface area contributed by atoms with E-state index in [2.05, 4.69) is 10.6 Å². The summed E-state index contributed by atoms with van der Waals surface area (Å²) in [6, 6.07) is 20.7. The third-order valence-corrected chi connectivity index (χ3v) is 4.60. The van der Waals surface area contributed by atoms with Crippen LogP contribution in [-0.4, -0.2) is 19.6 Å². The van der Waals surface area contributed by atoms with Gasteiger partial charge in [-0.2, -0.15) is 0 Å². The van der Waals surface area contributed by atoms with E-state index in [1.54, 1.807) is 13.2 Å². The maximum Gasteiger partial charge on any atom is 0.262 e. The second-order valence-corrected chi connectivity index (χ2v) is 6.93. The van der Waals surface area contributed by atoms with Gasteiger partial charge in [0.05, 0.1) is 7.11 Å². The van der Waals surface area contributed by atoms with Crippen molar-refractivity contribution in [1.29, 1.82) is 0 Å². The predicted octanol–water partition coefficient (Wildman–Crippen LogP) is 5.29. The van der Waals surface area contributed by atoms with Crippen molar-refractivity contribution in [3.8, 4) is 11.5 Å². The van der Waals surface area contributed by atoms with Crippen LogP contribution >= 0.6 is 11.6 Å². The van der Waals surface area contributed by atoms with Crippen molar-refractivity contribution in [3.63, 3.8) is 0 Å². The van der Waals surface area contributed by atoms with Gasteiger partial charge in [0.2, 0.25) is 0 Å². The molecule has 0 unspecified atom stereocenters. The Morgan fingerprint density at radius 1 is 1.00 bits per heavy atom. The van der Waals surface area contributed by atoms with E-state index in [-0.39, 0.29) is 12.5 Å². The van der Waals surface area contributed by atoms with Gasteiger partial charge in [0, 0.05) is 22.9 Å². The topological polar surface area (TPSA) is 59.6 Å². The summed E-state index contributed by atoms with van der Waals surface area (Å²) in [5.74, 6) is 0.863. The zero-order chi connectivity index (χ0) is 20.6. The van der Waals surface area contributed by atoms with Crippen molar-refractivity contribution in [2.24, 2.45) is 0 Å². The van der Waals surface area contributed by atoms with Gasteiger partial charge in [-0.05, 0) is 60.5 Å². The second-order valence-electron chi connectivity index (χ2n) is 6.50. The molecule has 3 aromatic rings. The summed E-state index contributed by atoms with van der Waals surface area (Å²) in [6.07, 6.45) is 0. The molecule has 150 valence electrons. The average molecular weight is 411 g/mol. The van der Waals surface area contributed by atoms with Crippen molar-refractivity contribution in [2.75, 3.05) is 24.4 Å². The van der Waals surface area contributed by atoms with E-state index in [0.717, 1.165) is 22.5 Å². The fourth-order valence-electron chi connectivity index (χ4n) is 2.76. The number of rotatable bonds is 8. The van der Waals surface area contributed by atoms with Gasteiger partial charge in [-0.3, -0.25) is 4.79 Å². The number of halogens is 1. The Bertz CT molecular complexity index is 974. The van der Waals surface area contributed by atoms with Crippen LogP contribution < -0.4 is 20.1 Å². The van der Waals surface area contributed by atoms with Crippen molar-refractivity contribution in [2.45, 2.75) is 13.5 Å². The summed E-state index contributed by atoms with van der Waals surface area (Å²) in [5.41, 5.74) is 3.77. The molecular weight excluding hydrogens is 388 g/mol. The third kappa shape index (κ3) is 5.90. The van der Waals surface area contributed by atoms with Gasteiger partial charge in [0.1, 0.15) is 0 Å². The summed E-state index contributed by atoms with van der Waals surface area (Å²) in [5, 5.41) is 6.87. The lowest BCUT2D eigenvalue weighted by molar-refractivity contribution is -0.118. The van der Waals surface area contributed by atoms with Crippen molar-refractivity contribution in [1.82, 2.24) is 0 Å². The van der Waals surface area contributed by atoms with Gasteiger partial charge in [-0.25, -0.2) is 0 Å². The molecule has 0 saturated heterocycles. The lowest BCUT2D eigenvalue weighted by atomic mass is 10.2. The van der Waals surface area contributed by atoms with Crippen LogP contribution in [0.2, 0.25) is 5.02 Å². The summed E-state index contributed by atoms with van der Waals surface area (Å²) >= 11 is 5.90. The Hall–Kier alpha value is -3.18. The number of hydrogen-bond donors (Lipinski definition) is 2. The van der Waals surface area contributed by atoms with Crippen LogP contribution in [0, 0.1) is 6.92 Å². The van der Waals surface area contributed by atoms with Crippen LogP contribution in [0.1, 0.15) is 11.1 Å². The minimum atomic E-state index is -0.227. The number of hydrogen-bond acceptors (Lipinski definition) is 4. The summed E-state index contributed by atoms with van der Waals surface area (Å²) < 4.78 is 11.1. The highest BCUT2D eigenvalue weighted by Gasteiger charge is 2.10. The van der Waals surface area contributed by atoms with Crippen molar-refractivity contribution >= 4 is 28.9 Å². The molecule has 0 aliphatic rings. The molecule has 3 rings (SSSR count). The number of aryl methyl sites for hydroxylation is 1. The van der Waals surface area contributed by atoms with Crippen molar-refractivity contribution < 1.29 is 14.3 Å². The van der Waals surface area contributed by atoms with Gasteiger partial charge in [0.25, 0.3) is 5.91 Å². The Kier molecular flexibility index (Phi) is 6.98. The van der Waals surface area contributed by atoms with Crippen LogP contribution in [0.15, 0.2) is 66.7 Å². The molecule has 0 fully saturated rings. The Morgan fingerprint density at radius 3 is 2.48 bits per heavy atom. The zero-order valence-corrected chi connectivity index (χ0v) is 17.1. The van der Waals surface area contributed by atoms with E-state index in [4.69, 9.17) is 21.1 Å². The number of anilines is 2. The van der Waals surface area contributed by atoms with E-state index < -0.39 is 0 Å². The van der Waals surface area contributed by atoms with Gasteiger partial charge >= 0.3 is 0 Å². The first-order valence-corrected chi connectivity index (χ1v) is 9.57. The minimum absolute atomic E-state index is 0.104. The highest BCUT2D eigenvalue weighted by molar-refractivity contribution is 6.30. The standard InChI is InChI=1S/C23H23ClN2O3/c1-16-5-3-4-6-20(16)26-23(27)15-29-21-12-7-17(13-22(21)28-2)14-25-19-10-8-18(24)9-11-19/h3-13,25H,14-15H2,1-2H3,(H,26,27). The number of ether oxygens (including phenoxy) is 2. The summed E-state index contributed by atoms with van der Waals surface area (Å²) in [6.45, 7) is 2.45. The number of benzene rings is 3. The Labute approximate surface area is 175 Å². The van der Waals surface area contributed by atoms with Crippen LogP contribution in [0.25, 0.3) is 0 Å².